The first-order valence-corrected chi connectivity index (χ1v) is 11.3. The monoisotopic (exact) mass is 405 g/mol. The van der Waals surface area contributed by atoms with Crippen LogP contribution in [0.3, 0.4) is 0 Å². The van der Waals surface area contributed by atoms with Gasteiger partial charge < -0.3 is 15.4 Å². The Morgan fingerprint density at radius 1 is 1.11 bits per heavy atom. The van der Waals surface area contributed by atoms with Crippen molar-refractivity contribution in [1.29, 1.82) is 0 Å². The van der Waals surface area contributed by atoms with Gasteiger partial charge in [0.15, 0.2) is 5.75 Å². The molecule has 2 aromatic rings. The van der Waals surface area contributed by atoms with Crippen LogP contribution in [-0.2, 0) is 16.6 Å². The first-order chi connectivity index (χ1) is 13.3. The van der Waals surface area contributed by atoms with Crippen LogP contribution in [0.25, 0.3) is 0 Å². The molecule has 7 heteroatoms. The fourth-order valence-corrected chi connectivity index (χ4v) is 3.46. The summed E-state index contributed by atoms with van der Waals surface area (Å²) in [6, 6.07) is 12.9. The fraction of sp³-hybridized carbons (Fsp3) is 0.429. The zero-order chi connectivity index (χ0) is 20.6. The molecular weight excluding hydrogens is 374 g/mol. The van der Waals surface area contributed by atoms with Crippen molar-refractivity contribution < 1.29 is 13.2 Å². The minimum Gasteiger partial charge on any atom is -0.454 e. The average molecular weight is 406 g/mol. The molecule has 0 atom stereocenters. The number of nitrogens with two attached hydrogens (primary N) is 1. The lowest BCUT2D eigenvalue weighted by atomic mass is 10.1. The van der Waals surface area contributed by atoms with Crippen LogP contribution < -0.4 is 20.5 Å². The van der Waals surface area contributed by atoms with Crippen LogP contribution in [0.1, 0.15) is 45.6 Å². The molecule has 2 rings (SSSR count). The van der Waals surface area contributed by atoms with Gasteiger partial charge in [-0.1, -0.05) is 51.8 Å². The standard InChI is InChI=1S/C21H31N3O3S/c1-4-5-9-12-23-19-13-17(15-24-16(2)3)14-20(28(22,25)26)21(19)27-18-10-7-6-8-11-18/h6-8,10-11,13-14,16,23-24H,4-5,9,12,15H2,1-3H3,(H2,22,25,26). The van der Waals surface area contributed by atoms with E-state index in [1.807, 2.05) is 38.1 Å². The van der Waals surface area contributed by atoms with Gasteiger partial charge in [0.2, 0.25) is 10.0 Å². The van der Waals surface area contributed by atoms with Crippen molar-refractivity contribution in [3.05, 3.63) is 48.0 Å². The van der Waals surface area contributed by atoms with Gasteiger partial charge in [-0.3, -0.25) is 0 Å². The Morgan fingerprint density at radius 2 is 1.82 bits per heavy atom. The molecule has 4 N–H and O–H groups in total. The van der Waals surface area contributed by atoms with Crippen LogP contribution in [0.15, 0.2) is 47.4 Å². The van der Waals surface area contributed by atoms with E-state index in [-0.39, 0.29) is 16.7 Å². The smallest absolute Gasteiger partial charge is 0.241 e. The van der Waals surface area contributed by atoms with Gasteiger partial charge in [-0.05, 0) is 36.2 Å². The van der Waals surface area contributed by atoms with Crippen LogP contribution in [0.5, 0.6) is 11.5 Å². The Labute approximate surface area is 168 Å². The van der Waals surface area contributed by atoms with Crippen LogP contribution in [0, 0.1) is 0 Å². The van der Waals surface area contributed by atoms with Crippen molar-refractivity contribution in [1.82, 2.24) is 5.32 Å². The molecule has 28 heavy (non-hydrogen) atoms. The Hall–Kier alpha value is -2.09. The lowest BCUT2D eigenvalue weighted by Crippen LogP contribution is -2.22. The normalized spacial score (nSPS) is 11.6. The molecule has 0 saturated heterocycles. The molecule has 154 valence electrons. The number of para-hydroxylation sites is 1. The first-order valence-electron chi connectivity index (χ1n) is 9.71. The number of anilines is 1. The van der Waals surface area contributed by atoms with Gasteiger partial charge >= 0.3 is 0 Å². The number of unbranched alkanes of at least 4 members (excludes halogenated alkanes) is 2. The summed E-state index contributed by atoms with van der Waals surface area (Å²) < 4.78 is 30.6. The molecule has 0 radical (unpaired) electrons. The Bertz CT molecular complexity index is 853. The summed E-state index contributed by atoms with van der Waals surface area (Å²) in [6.07, 6.45) is 3.19. The SMILES string of the molecule is CCCCCNc1cc(CNC(C)C)cc(S(N)(=O)=O)c1Oc1ccccc1. The second-order valence-electron chi connectivity index (χ2n) is 7.10. The molecule has 2 aromatic carbocycles. The van der Waals surface area contributed by atoms with Gasteiger partial charge in [0, 0.05) is 19.1 Å². The number of nitrogens with one attached hydrogen (secondary N) is 2. The molecule has 0 saturated carbocycles. The van der Waals surface area contributed by atoms with E-state index in [2.05, 4.69) is 17.6 Å². The highest BCUT2D eigenvalue weighted by Crippen LogP contribution is 2.37. The van der Waals surface area contributed by atoms with Gasteiger partial charge in [-0.25, -0.2) is 13.6 Å². The molecule has 0 aromatic heterocycles. The average Bonchev–Trinajstić information content (AvgIpc) is 2.64. The van der Waals surface area contributed by atoms with Crippen molar-refractivity contribution in [2.75, 3.05) is 11.9 Å². The molecule has 0 aliphatic carbocycles. The van der Waals surface area contributed by atoms with Crippen LogP contribution in [0.4, 0.5) is 5.69 Å². The summed E-state index contributed by atoms with van der Waals surface area (Å²) in [5.41, 5.74) is 1.46. The minimum atomic E-state index is -3.97. The lowest BCUT2D eigenvalue weighted by Gasteiger charge is -2.19. The maximum Gasteiger partial charge on any atom is 0.241 e. The van der Waals surface area contributed by atoms with Crippen LogP contribution in [0.2, 0.25) is 0 Å². The van der Waals surface area contributed by atoms with E-state index in [0.29, 0.717) is 18.0 Å². The van der Waals surface area contributed by atoms with E-state index in [1.54, 1.807) is 18.2 Å². The topological polar surface area (TPSA) is 93.5 Å². The molecule has 0 aliphatic heterocycles. The second kappa shape index (κ2) is 10.5. The zero-order valence-corrected chi connectivity index (χ0v) is 17.7. The van der Waals surface area contributed by atoms with E-state index < -0.39 is 10.0 Å². The maximum atomic E-state index is 12.3. The maximum absolute atomic E-state index is 12.3. The highest BCUT2D eigenvalue weighted by molar-refractivity contribution is 7.89. The van der Waals surface area contributed by atoms with E-state index in [0.717, 1.165) is 31.4 Å². The van der Waals surface area contributed by atoms with E-state index >= 15 is 0 Å². The molecule has 0 unspecified atom stereocenters. The van der Waals surface area contributed by atoms with E-state index in [9.17, 15) is 8.42 Å². The van der Waals surface area contributed by atoms with Gasteiger partial charge in [0.05, 0.1) is 5.69 Å². The van der Waals surface area contributed by atoms with Crippen molar-refractivity contribution in [2.24, 2.45) is 5.14 Å². The zero-order valence-electron chi connectivity index (χ0n) is 16.9. The number of ether oxygens (including phenoxy) is 1. The third-order valence-corrected chi connectivity index (χ3v) is 5.11. The van der Waals surface area contributed by atoms with E-state index in [1.165, 1.54) is 0 Å². The summed E-state index contributed by atoms with van der Waals surface area (Å²) >= 11 is 0. The van der Waals surface area contributed by atoms with E-state index in [4.69, 9.17) is 9.88 Å². The molecule has 0 aliphatic rings. The summed E-state index contributed by atoms with van der Waals surface area (Å²) in [5, 5.41) is 12.2. The van der Waals surface area contributed by atoms with Crippen molar-refractivity contribution in [3.63, 3.8) is 0 Å². The van der Waals surface area contributed by atoms with Gasteiger partial charge in [-0.15, -0.1) is 0 Å². The van der Waals surface area contributed by atoms with Crippen molar-refractivity contribution in [3.8, 4) is 11.5 Å². The number of sulfonamides is 1. The molecule has 0 amide bonds. The Morgan fingerprint density at radius 3 is 2.43 bits per heavy atom. The predicted octanol–water partition coefficient (Wildman–Crippen LogP) is 4.23. The number of hydrogen-bond acceptors (Lipinski definition) is 5. The predicted molar refractivity (Wildman–Crippen MR) is 114 cm³/mol. The second-order valence-corrected chi connectivity index (χ2v) is 8.63. The third kappa shape index (κ3) is 6.82. The van der Waals surface area contributed by atoms with Gasteiger partial charge in [0.25, 0.3) is 0 Å². The minimum absolute atomic E-state index is 0.0163. The highest BCUT2D eigenvalue weighted by Gasteiger charge is 2.21. The molecule has 0 spiro atoms. The summed E-state index contributed by atoms with van der Waals surface area (Å²) in [6.45, 7) is 7.48. The van der Waals surface area contributed by atoms with Crippen molar-refractivity contribution in [2.45, 2.75) is 57.5 Å². The van der Waals surface area contributed by atoms with Crippen LogP contribution in [-0.4, -0.2) is 21.0 Å². The first kappa shape index (κ1) is 22.2. The van der Waals surface area contributed by atoms with Crippen LogP contribution >= 0.6 is 0 Å². The summed E-state index contributed by atoms with van der Waals surface area (Å²) in [5.74, 6) is 0.788. The van der Waals surface area contributed by atoms with Crippen molar-refractivity contribution >= 4 is 15.7 Å². The number of rotatable bonds is 11. The lowest BCUT2D eigenvalue weighted by molar-refractivity contribution is 0.468. The number of benzene rings is 2. The van der Waals surface area contributed by atoms with Gasteiger partial charge in [-0.2, -0.15) is 0 Å². The molecule has 0 heterocycles. The van der Waals surface area contributed by atoms with Gasteiger partial charge in [0.1, 0.15) is 10.6 Å². The molecular formula is C21H31N3O3S. The quantitative estimate of drug-likeness (QED) is 0.487. The summed E-state index contributed by atoms with van der Waals surface area (Å²) in [4.78, 5) is -0.0163. The number of primary sulfonamides is 1. The molecule has 0 fully saturated rings. The fourth-order valence-electron chi connectivity index (χ4n) is 2.74. The Kier molecular flexibility index (Phi) is 8.29. The third-order valence-electron chi connectivity index (χ3n) is 4.19. The molecule has 6 nitrogen and oxygen atoms in total. The Balaban J connectivity index is 2.46. The largest absolute Gasteiger partial charge is 0.454 e. The number of hydrogen-bond donors (Lipinski definition) is 3. The summed E-state index contributed by atoms with van der Waals surface area (Å²) in [7, 11) is -3.97. The molecule has 0 bridgehead atoms. The highest BCUT2D eigenvalue weighted by atomic mass is 32.2.